The summed E-state index contributed by atoms with van der Waals surface area (Å²) in [5.41, 5.74) is 0. The van der Waals surface area contributed by atoms with E-state index in [4.69, 9.17) is 0 Å². The van der Waals surface area contributed by atoms with Gasteiger partial charge in [0.25, 0.3) is 0 Å². The molecule has 2 aliphatic carbocycles. The van der Waals surface area contributed by atoms with Gasteiger partial charge in [-0.1, -0.05) is 33.6 Å². The summed E-state index contributed by atoms with van der Waals surface area (Å²) in [6.07, 6.45) is 8.73. The summed E-state index contributed by atoms with van der Waals surface area (Å²) >= 11 is 0. The van der Waals surface area contributed by atoms with Gasteiger partial charge in [-0.25, -0.2) is 0 Å². The van der Waals surface area contributed by atoms with E-state index >= 15 is 0 Å². The molecule has 0 heterocycles. The van der Waals surface area contributed by atoms with E-state index in [1.54, 1.807) is 0 Å². The van der Waals surface area contributed by atoms with Crippen LogP contribution in [0.25, 0.3) is 0 Å². The molecule has 0 amide bonds. The normalized spacial score (nSPS) is 39.8. The van der Waals surface area contributed by atoms with Crippen LogP contribution in [-0.2, 0) is 0 Å². The SMILES string of the molecule is CC1CCCC(CNC2CC(C(C)C)C2)C1. The summed E-state index contributed by atoms with van der Waals surface area (Å²) in [4.78, 5) is 0. The van der Waals surface area contributed by atoms with Gasteiger partial charge in [-0.2, -0.15) is 0 Å². The van der Waals surface area contributed by atoms with Crippen LogP contribution in [0.1, 0.15) is 59.3 Å². The fourth-order valence-electron chi connectivity index (χ4n) is 3.45. The van der Waals surface area contributed by atoms with Crippen LogP contribution in [0.15, 0.2) is 0 Å². The first kappa shape index (κ1) is 12.4. The predicted octanol–water partition coefficient (Wildman–Crippen LogP) is 3.84. The third-order valence-corrected chi connectivity index (χ3v) is 4.86. The van der Waals surface area contributed by atoms with Crippen LogP contribution >= 0.6 is 0 Å². The quantitative estimate of drug-likeness (QED) is 0.763. The van der Waals surface area contributed by atoms with E-state index in [0.29, 0.717) is 0 Å². The average Bonchev–Trinajstić information content (AvgIpc) is 2.14. The lowest BCUT2D eigenvalue weighted by Crippen LogP contribution is -2.45. The van der Waals surface area contributed by atoms with Crippen LogP contribution in [0.5, 0.6) is 0 Å². The highest BCUT2D eigenvalue weighted by Crippen LogP contribution is 2.34. The molecule has 2 fully saturated rings. The highest BCUT2D eigenvalue weighted by Gasteiger charge is 2.31. The van der Waals surface area contributed by atoms with E-state index in [2.05, 4.69) is 26.1 Å². The smallest absolute Gasteiger partial charge is 0.00726 e. The maximum atomic E-state index is 3.79. The van der Waals surface area contributed by atoms with Crippen molar-refractivity contribution < 1.29 is 0 Å². The third kappa shape index (κ3) is 3.23. The minimum Gasteiger partial charge on any atom is -0.314 e. The van der Waals surface area contributed by atoms with Gasteiger partial charge >= 0.3 is 0 Å². The van der Waals surface area contributed by atoms with Gasteiger partial charge in [0.2, 0.25) is 0 Å². The summed E-state index contributed by atoms with van der Waals surface area (Å²) in [7, 11) is 0. The Morgan fingerprint density at radius 1 is 1.12 bits per heavy atom. The Hall–Kier alpha value is -0.0400. The van der Waals surface area contributed by atoms with Crippen molar-refractivity contribution in [2.75, 3.05) is 6.54 Å². The Morgan fingerprint density at radius 3 is 2.50 bits per heavy atom. The summed E-state index contributed by atoms with van der Waals surface area (Å²) in [5.74, 6) is 3.85. The molecule has 1 N–H and O–H groups in total. The molecule has 0 aromatic carbocycles. The van der Waals surface area contributed by atoms with E-state index in [-0.39, 0.29) is 0 Å². The van der Waals surface area contributed by atoms with Crippen LogP contribution in [0, 0.1) is 23.7 Å². The zero-order valence-electron chi connectivity index (χ0n) is 11.3. The average molecular weight is 223 g/mol. The van der Waals surface area contributed by atoms with Crippen LogP contribution in [0.4, 0.5) is 0 Å². The van der Waals surface area contributed by atoms with Crippen molar-refractivity contribution in [3.63, 3.8) is 0 Å². The maximum Gasteiger partial charge on any atom is 0.00726 e. The van der Waals surface area contributed by atoms with Crippen molar-refractivity contribution in [3.8, 4) is 0 Å². The monoisotopic (exact) mass is 223 g/mol. The molecule has 94 valence electrons. The minimum absolute atomic E-state index is 0.852. The van der Waals surface area contributed by atoms with Crippen molar-refractivity contribution in [2.45, 2.75) is 65.3 Å². The van der Waals surface area contributed by atoms with Crippen LogP contribution < -0.4 is 5.32 Å². The van der Waals surface area contributed by atoms with Crippen molar-refractivity contribution in [2.24, 2.45) is 23.7 Å². The van der Waals surface area contributed by atoms with E-state index in [0.717, 1.165) is 29.7 Å². The zero-order chi connectivity index (χ0) is 11.5. The molecular weight excluding hydrogens is 194 g/mol. The van der Waals surface area contributed by atoms with Gasteiger partial charge in [0.05, 0.1) is 0 Å². The number of rotatable bonds is 4. The zero-order valence-corrected chi connectivity index (χ0v) is 11.3. The molecule has 0 spiro atoms. The molecule has 2 unspecified atom stereocenters. The van der Waals surface area contributed by atoms with E-state index in [1.807, 2.05) is 0 Å². The molecule has 2 rings (SSSR count). The van der Waals surface area contributed by atoms with Crippen molar-refractivity contribution >= 4 is 0 Å². The molecule has 1 heteroatoms. The van der Waals surface area contributed by atoms with Crippen LogP contribution in [0.2, 0.25) is 0 Å². The lowest BCUT2D eigenvalue weighted by Gasteiger charge is -2.40. The van der Waals surface area contributed by atoms with Gasteiger partial charge in [-0.05, 0) is 55.9 Å². The lowest BCUT2D eigenvalue weighted by atomic mass is 9.73. The van der Waals surface area contributed by atoms with Gasteiger partial charge in [0, 0.05) is 6.04 Å². The third-order valence-electron chi connectivity index (χ3n) is 4.86. The number of hydrogen-bond acceptors (Lipinski definition) is 1. The molecule has 16 heavy (non-hydrogen) atoms. The number of hydrogen-bond donors (Lipinski definition) is 1. The second kappa shape index (κ2) is 5.53. The molecule has 0 saturated heterocycles. The van der Waals surface area contributed by atoms with Crippen molar-refractivity contribution in [1.29, 1.82) is 0 Å². The summed E-state index contributed by atoms with van der Waals surface area (Å²) in [6.45, 7) is 8.44. The fourth-order valence-corrected chi connectivity index (χ4v) is 3.45. The fraction of sp³-hybridized carbons (Fsp3) is 1.00. The summed E-state index contributed by atoms with van der Waals surface area (Å²) in [5, 5.41) is 3.79. The Bertz CT molecular complexity index is 205. The summed E-state index contributed by atoms with van der Waals surface area (Å²) in [6, 6.07) is 0.852. The molecule has 2 aliphatic rings. The van der Waals surface area contributed by atoms with Crippen molar-refractivity contribution in [1.82, 2.24) is 5.32 Å². The molecule has 0 bridgehead atoms. The first-order valence-electron chi connectivity index (χ1n) is 7.38. The van der Waals surface area contributed by atoms with Gasteiger partial charge < -0.3 is 5.32 Å². The molecule has 0 aliphatic heterocycles. The van der Waals surface area contributed by atoms with Crippen molar-refractivity contribution in [3.05, 3.63) is 0 Å². The first-order valence-corrected chi connectivity index (χ1v) is 7.38. The molecule has 0 aromatic heterocycles. The van der Waals surface area contributed by atoms with E-state index < -0.39 is 0 Å². The predicted molar refractivity (Wildman–Crippen MR) is 70.5 cm³/mol. The second-order valence-electron chi connectivity index (χ2n) is 6.72. The second-order valence-corrected chi connectivity index (χ2v) is 6.72. The van der Waals surface area contributed by atoms with E-state index in [1.165, 1.54) is 45.1 Å². The maximum absolute atomic E-state index is 3.79. The highest BCUT2D eigenvalue weighted by atomic mass is 14.9. The molecular formula is C15H29N. The van der Waals surface area contributed by atoms with Crippen LogP contribution in [-0.4, -0.2) is 12.6 Å². The van der Waals surface area contributed by atoms with Gasteiger partial charge in [0.15, 0.2) is 0 Å². The topological polar surface area (TPSA) is 12.0 Å². The molecule has 2 atom stereocenters. The van der Waals surface area contributed by atoms with Gasteiger partial charge in [0.1, 0.15) is 0 Å². The largest absolute Gasteiger partial charge is 0.314 e. The molecule has 0 radical (unpaired) electrons. The molecule has 0 aromatic rings. The Labute approximate surface area is 101 Å². The molecule has 1 nitrogen and oxygen atoms in total. The lowest BCUT2D eigenvalue weighted by molar-refractivity contribution is 0.156. The van der Waals surface area contributed by atoms with Gasteiger partial charge in [-0.15, -0.1) is 0 Å². The highest BCUT2D eigenvalue weighted by molar-refractivity contribution is 4.87. The van der Waals surface area contributed by atoms with Crippen LogP contribution in [0.3, 0.4) is 0 Å². The first-order chi connectivity index (χ1) is 7.65. The number of nitrogens with one attached hydrogen (secondary N) is 1. The van der Waals surface area contributed by atoms with Gasteiger partial charge in [-0.3, -0.25) is 0 Å². The molecule has 2 saturated carbocycles. The standard InChI is InChI=1S/C15H29N/c1-11(2)14-8-15(9-14)16-10-13-6-4-5-12(3)7-13/h11-16H,4-10H2,1-3H3. The Balaban J connectivity index is 1.58. The minimum atomic E-state index is 0.852. The Morgan fingerprint density at radius 2 is 1.88 bits per heavy atom. The van der Waals surface area contributed by atoms with E-state index in [9.17, 15) is 0 Å². The Kier molecular flexibility index (Phi) is 4.29. The summed E-state index contributed by atoms with van der Waals surface area (Å²) < 4.78 is 0.